The van der Waals surface area contributed by atoms with Crippen molar-refractivity contribution in [3.05, 3.63) is 66.4 Å². The summed E-state index contributed by atoms with van der Waals surface area (Å²) in [5.41, 5.74) is 7.55. The summed E-state index contributed by atoms with van der Waals surface area (Å²) < 4.78 is 0. The van der Waals surface area contributed by atoms with Crippen LogP contribution in [0.15, 0.2) is 60.8 Å². The highest BCUT2D eigenvalue weighted by atomic mass is 15.2. The lowest BCUT2D eigenvalue weighted by molar-refractivity contribution is 0.313. The van der Waals surface area contributed by atoms with Gasteiger partial charge in [0.2, 0.25) is 5.95 Å². The van der Waals surface area contributed by atoms with Crippen LogP contribution >= 0.6 is 0 Å². The van der Waals surface area contributed by atoms with E-state index in [1.54, 1.807) is 0 Å². The molecule has 0 bridgehead atoms. The van der Waals surface area contributed by atoms with E-state index in [1.165, 1.54) is 16.8 Å². The van der Waals surface area contributed by atoms with E-state index in [2.05, 4.69) is 93.7 Å². The van der Waals surface area contributed by atoms with Crippen LogP contribution < -0.4 is 10.2 Å². The highest BCUT2D eigenvalue weighted by Crippen LogP contribution is 2.27. The number of anilines is 3. The second kappa shape index (κ2) is 7.80. The molecule has 30 heavy (non-hydrogen) atoms. The molecule has 152 valence electrons. The maximum atomic E-state index is 4.72. The molecule has 2 N–H and O–H groups in total. The molecule has 2 aromatic carbocycles. The van der Waals surface area contributed by atoms with Crippen molar-refractivity contribution >= 4 is 28.4 Å². The van der Waals surface area contributed by atoms with Gasteiger partial charge in [-0.25, -0.2) is 9.97 Å². The second-order valence-electron chi connectivity index (χ2n) is 7.96. The number of aromatic amines is 1. The lowest BCUT2D eigenvalue weighted by Crippen LogP contribution is -2.44. The topological polar surface area (TPSA) is 60.1 Å². The summed E-state index contributed by atoms with van der Waals surface area (Å²) in [7, 11) is 2.17. The van der Waals surface area contributed by atoms with Crippen molar-refractivity contribution in [1.29, 1.82) is 0 Å². The van der Waals surface area contributed by atoms with Crippen molar-refractivity contribution in [3.63, 3.8) is 0 Å². The monoisotopic (exact) mass is 398 g/mol. The Hall–Kier alpha value is -3.38. The highest BCUT2D eigenvalue weighted by Gasteiger charge is 2.14. The molecule has 2 aromatic heterocycles. The molecular weight excluding hydrogens is 372 g/mol. The Labute approximate surface area is 176 Å². The van der Waals surface area contributed by atoms with E-state index in [-0.39, 0.29) is 0 Å². The number of fused-ring (bicyclic) bond motifs is 1. The molecule has 3 heterocycles. The minimum Gasteiger partial charge on any atom is -0.369 e. The fourth-order valence-electron chi connectivity index (χ4n) is 3.97. The largest absolute Gasteiger partial charge is 0.369 e. The molecule has 0 saturated carbocycles. The van der Waals surface area contributed by atoms with Crippen LogP contribution in [0.2, 0.25) is 0 Å². The van der Waals surface area contributed by atoms with Crippen molar-refractivity contribution in [2.45, 2.75) is 6.92 Å². The molecule has 1 saturated heterocycles. The highest BCUT2D eigenvalue weighted by molar-refractivity contribution is 5.83. The number of H-pyrrole nitrogens is 1. The van der Waals surface area contributed by atoms with Crippen LogP contribution in [-0.4, -0.2) is 53.1 Å². The number of nitrogens with one attached hydrogen (secondary N) is 2. The van der Waals surface area contributed by atoms with Gasteiger partial charge in [-0.15, -0.1) is 0 Å². The third-order valence-electron chi connectivity index (χ3n) is 5.77. The zero-order chi connectivity index (χ0) is 20.5. The van der Waals surface area contributed by atoms with E-state index in [0.29, 0.717) is 5.95 Å². The number of hydrogen-bond donors (Lipinski definition) is 2. The molecule has 6 nitrogen and oxygen atoms in total. The average molecular weight is 399 g/mol. The van der Waals surface area contributed by atoms with Gasteiger partial charge in [-0.05, 0) is 43.8 Å². The first-order chi connectivity index (χ1) is 14.7. The molecule has 0 spiro atoms. The summed E-state index contributed by atoms with van der Waals surface area (Å²) in [4.78, 5) is 17.5. The Morgan fingerprint density at radius 1 is 0.967 bits per heavy atom. The normalized spacial score (nSPS) is 14.9. The number of likely N-dealkylation sites (N-methyl/N-ethyl adjacent to an activating group) is 1. The van der Waals surface area contributed by atoms with Crippen molar-refractivity contribution in [3.8, 4) is 11.3 Å². The second-order valence-corrected chi connectivity index (χ2v) is 7.96. The van der Waals surface area contributed by atoms with Crippen molar-refractivity contribution < 1.29 is 0 Å². The SMILES string of the molecule is Cc1ccccc1-c1cc2nc(Nc3cccc(N4CCN(C)CC4)c3)ncc2[nH]1. The van der Waals surface area contributed by atoms with Crippen LogP contribution in [0, 0.1) is 6.92 Å². The first kappa shape index (κ1) is 18.6. The molecule has 1 aliphatic rings. The van der Waals surface area contributed by atoms with Gasteiger partial charge in [-0.2, -0.15) is 0 Å². The van der Waals surface area contributed by atoms with Crippen molar-refractivity contribution in [2.24, 2.45) is 0 Å². The van der Waals surface area contributed by atoms with E-state index < -0.39 is 0 Å². The lowest BCUT2D eigenvalue weighted by atomic mass is 10.1. The van der Waals surface area contributed by atoms with Gasteiger partial charge in [0.05, 0.1) is 17.2 Å². The van der Waals surface area contributed by atoms with Gasteiger partial charge >= 0.3 is 0 Å². The Balaban J connectivity index is 1.38. The predicted octanol–water partition coefficient (Wildman–Crippen LogP) is 4.43. The zero-order valence-corrected chi connectivity index (χ0v) is 17.4. The number of aromatic nitrogens is 3. The standard InChI is InChI=1S/C24H26N6/c1-17-6-3-4-9-20(17)21-15-22-23(27-21)16-25-24(28-22)26-18-7-5-8-19(14-18)30-12-10-29(2)11-13-30/h3-9,14-16,27H,10-13H2,1-2H3,(H,25,26,28). The van der Waals surface area contributed by atoms with Gasteiger partial charge in [0, 0.05) is 48.8 Å². The Bertz CT molecular complexity index is 1170. The first-order valence-electron chi connectivity index (χ1n) is 10.4. The first-order valence-corrected chi connectivity index (χ1v) is 10.4. The van der Waals surface area contributed by atoms with Crippen LogP contribution in [0.3, 0.4) is 0 Å². The molecule has 0 aliphatic carbocycles. The van der Waals surface area contributed by atoms with Crippen LogP contribution in [0.5, 0.6) is 0 Å². The fraction of sp³-hybridized carbons (Fsp3) is 0.250. The fourth-order valence-corrected chi connectivity index (χ4v) is 3.97. The number of benzene rings is 2. The number of hydrogen-bond acceptors (Lipinski definition) is 5. The van der Waals surface area contributed by atoms with Crippen molar-refractivity contribution in [2.75, 3.05) is 43.4 Å². The number of piperazine rings is 1. The van der Waals surface area contributed by atoms with Gasteiger partial charge in [0.1, 0.15) is 0 Å². The average Bonchev–Trinajstić information content (AvgIpc) is 3.18. The molecule has 0 amide bonds. The molecule has 5 rings (SSSR count). The molecule has 0 radical (unpaired) electrons. The van der Waals surface area contributed by atoms with Gasteiger partial charge in [-0.3, -0.25) is 0 Å². The van der Waals surface area contributed by atoms with E-state index in [9.17, 15) is 0 Å². The zero-order valence-electron chi connectivity index (χ0n) is 17.4. The van der Waals surface area contributed by atoms with Gasteiger partial charge in [-0.1, -0.05) is 30.3 Å². The summed E-state index contributed by atoms with van der Waals surface area (Å²) >= 11 is 0. The summed E-state index contributed by atoms with van der Waals surface area (Å²) in [5.74, 6) is 0.605. The van der Waals surface area contributed by atoms with Crippen molar-refractivity contribution in [1.82, 2.24) is 19.9 Å². The van der Waals surface area contributed by atoms with Crippen LogP contribution in [0.1, 0.15) is 5.56 Å². The third kappa shape index (κ3) is 3.74. The van der Waals surface area contributed by atoms with E-state index >= 15 is 0 Å². The van der Waals surface area contributed by atoms with E-state index in [0.717, 1.165) is 48.6 Å². The van der Waals surface area contributed by atoms with Crippen LogP contribution in [0.4, 0.5) is 17.3 Å². The minimum atomic E-state index is 0.605. The van der Waals surface area contributed by atoms with Gasteiger partial charge in [0.25, 0.3) is 0 Å². The van der Waals surface area contributed by atoms with Gasteiger partial charge < -0.3 is 20.1 Å². The molecule has 0 unspecified atom stereocenters. The maximum absolute atomic E-state index is 4.72. The summed E-state index contributed by atoms with van der Waals surface area (Å²) in [5, 5.41) is 3.37. The molecule has 0 atom stereocenters. The minimum absolute atomic E-state index is 0.605. The Morgan fingerprint density at radius 3 is 2.63 bits per heavy atom. The Morgan fingerprint density at radius 2 is 1.80 bits per heavy atom. The maximum Gasteiger partial charge on any atom is 0.227 e. The number of nitrogens with zero attached hydrogens (tertiary/aromatic N) is 4. The lowest BCUT2D eigenvalue weighted by Gasteiger charge is -2.34. The molecule has 4 aromatic rings. The van der Waals surface area contributed by atoms with Crippen LogP contribution in [0.25, 0.3) is 22.3 Å². The molecule has 1 fully saturated rings. The van der Waals surface area contributed by atoms with E-state index in [1.807, 2.05) is 6.20 Å². The summed E-state index contributed by atoms with van der Waals surface area (Å²) in [6.07, 6.45) is 1.84. The quantitative estimate of drug-likeness (QED) is 0.533. The third-order valence-corrected chi connectivity index (χ3v) is 5.77. The van der Waals surface area contributed by atoms with E-state index in [4.69, 9.17) is 4.98 Å². The molecule has 6 heteroatoms. The number of rotatable bonds is 4. The number of aryl methyl sites for hydroxylation is 1. The summed E-state index contributed by atoms with van der Waals surface area (Å²) in [6.45, 7) is 6.40. The Kier molecular flexibility index (Phi) is 4.85. The predicted molar refractivity (Wildman–Crippen MR) is 123 cm³/mol. The molecular formula is C24H26N6. The molecule has 1 aliphatic heterocycles. The summed E-state index contributed by atoms with van der Waals surface area (Å²) in [6, 6.07) is 18.9. The smallest absolute Gasteiger partial charge is 0.227 e. The van der Waals surface area contributed by atoms with Gasteiger partial charge in [0.15, 0.2) is 0 Å². The van der Waals surface area contributed by atoms with Crippen LogP contribution in [-0.2, 0) is 0 Å².